The van der Waals surface area contributed by atoms with Crippen LogP contribution in [0.4, 0.5) is 16.3 Å². The molecule has 2 N–H and O–H groups in total. The second-order valence-corrected chi connectivity index (χ2v) is 7.03. The number of piperazine rings is 1. The summed E-state index contributed by atoms with van der Waals surface area (Å²) in [7, 11) is 3.27. The van der Waals surface area contributed by atoms with Crippen LogP contribution in [0.2, 0.25) is 0 Å². The fraction of sp³-hybridized carbons (Fsp3) is 0.294. The predicted octanol–water partition coefficient (Wildman–Crippen LogP) is 1.78. The lowest BCUT2D eigenvalue weighted by Gasteiger charge is -2.37. The molecule has 2 heterocycles. The zero-order valence-corrected chi connectivity index (χ0v) is 16.3. The number of anilines is 2. The fourth-order valence-corrected chi connectivity index (χ4v) is 3.39. The molecule has 1 aliphatic rings. The Labute approximate surface area is 163 Å². The molecule has 1 saturated heterocycles. The molecule has 1 fully saturated rings. The van der Waals surface area contributed by atoms with E-state index in [9.17, 15) is 19.5 Å². The molecule has 1 aromatic heterocycles. The number of aromatic nitrogens is 2. The number of aryl methyl sites for hydroxylation is 1. The summed E-state index contributed by atoms with van der Waals surface area (Å²) in [5, 5.41) is 12.3. The average molecular weight is 436 g/mol. The predicted molar refractivity (Wildman–Crippen MR) is 102 cm³/mol. The molecule has 0 aliphatic carbocycles. The molecule has 0 spiro atoms. The molecule has 2 aromatic rings. The van der Waals surface area contributed by atoms with Crippen molar-refractivity contribution in [1.29, 1.82) is 0 Å². The average Bonchev–Trinajstić information content (AvgIpc) is 2.62. The first-order valence-corrected chi connectivity index (χ1v) is 8.92. The van der Waals surface area contributed by atoms with Crippen molar-refractivity contribution in [3.63, 3.8) is 0 Å². The third-order valence-corrected chi connectivity index (χ3v) is 4.76. The van der Waals surface area contributed by atoms with Gasteiger partial charge in [0, 0.05) is 39.1 Å². The third-order valence-electron chi connectivity index (χ3n) is 4.37. The number of carbonyl (C=O) groups is 2. The van der Waals surface area contributed by atoms with Crippen LogP contribution < -0.4 is 10.9 Å². The summed E-state index contributed by atoms with van der Waals surface area (Å²) < 4.78 is 1.91. The van der Waals surface area contributed by atoms with Gasteiger partial charge in [0.25, 0.3) is 5.56 Å². The molecule has 1 aliphatic heterocycles. The van der Waals surface area contributed by atoms with E-state index in [2.05, 4.69) is 26.2 Å². The highest BCUT2D eigenvalue weighted by molar-refractivity contribution is 9.10. The van der Waals surface area contributed by atoms with Gasteiger partial charge in [-0.2, -0.15) is 0 Å². The highest BCUT2D eigenvalue weighted by Crippen LogP contribution is 2.27. The van der Waals surface area contributed by atoms with Gasteiger partial charge in [-0.25, -0.2) is 9.78 Å². The standard InChI is InChI=1S/C17H18BrN5O4/c1-21-7-8-23(17(26)27)13(15(21)24)10-3-5-11(6-4-10)19-14-16(25)22(2)9-12(18)20-14/h3-6,9,13H,7-8H2,1-2H3,(H,19,20)(H,26,27). The van der Waals surface area contributed by atoms with E-state index in [0.717, 1.165) is 4.90 Å². The van der Waals surface area contributed by atoms with Crippen LogP contribution in [0.3, 0.4) is 0 Å². The monoisotopic (exact) mass is 435 g/mol. The zero-order valence-electron chi connectivity index (χ0n) is 14.7. The van der Waals surface area contributed by atoms with Gasteiger partial charge in [-0.1, -0.05) is 12.1 Å². The van der Waals surface area contributed by atoms with E-state index < -0.39 is 12.1 Å². The number of nitrogens with zero attached hydrogens (tertiary/aromatic N) is 4. The van der Waals surface area contributed by atoms with Crippen molar-refractivity contribution in [2.45, 2.75) is 6.04 Å². The maximum absolute atomic E-state index is 12.5. The third kappa shape index (κ3) is 3.80. The van der Waals surface area contributed by atoms with Crippen molar-refractivity contribution in [3.05, 3.63) is 51.0 Å². The van der Waals surface area contributed by atoms with Gasteiger partial charge in [-0.15, -0.1) is 0 Å². The van der Waals surface area contributed by atoms with Crippen LogP contribution in [0.25, 0.3) is 0 Å². The van der Waals surface area contributed by atoms with E-state index in [1.807, 2.05) is 0 Å². The molecule has 1 unspecified atom stereocenters. The van der Waals surface area contributed by atoms with Gasteiger partial charge in [0.15, 0.2) is 5.82 Å². The lowest BCUT2D eigenvalue weighted by Crippen LogP contribution is -2.52. The molecule has 1 atom stereocenters. The van der Waals surface area contributed by atoms with Crippen molar-refractivity contribution < 1.29 is 14.7 Å². The van der Waals surface area contributed by atoms with Crippen molar-refractivity contribution in [2.24, 2.45) is 7.05 Å². The Kier molecular flexibility index (Phi) is 5.17. The van der Waals surface area contributed by atoms with Gasteiger partial charge in [0.2, 0.25) is 5.91 Å². The Hall–Kier alpha value is -2.88. The minimum atomic E-state index is -1.13. The number of carboxylic acid groups (broad SMARTS) is 1. The van der Waals surface area contributed by atoms with Crippen molar-refractivity contribution >= 4 is 39.4 Å². The number of halogens is 1. The van der Waals surface area contributed by atoms with Gasteiger partial charge in [-0.3, -0.25) is 14.5 Å². The number of likely N-dealkylation sites (N-methyl/N-ethyl adjacent to an activating group) is 1. The maximum atomic E-state index is 12.5. The van der Waals surface area contributed by atoms with E-state index in [4.69, 9.17) is 0 Å². The first-order chi connectivity index (χ1) is 12.8. The summed E-state index contributed by atoms with van der Waals surface area (Å²) in [6.07, 6.45) is 0.424. The van der Waals surface area contributed by atoms with Gasteiger partial charge in [0.05, 0.1) is 0 Å². The van der Waals surface area contributed by atoms with Crippen LogP contribution in [0.1, 0.15) is 11.6 Å². The van der Waals surface area contributed by atoms with E-state index >= 15 is 0 Å². The largest absolute Gasteiger partial charge is 0.465 e. The molecule has 142 valence electrons. The Morgan fingerprint density at radius 3 is 2.52 bits per heavy atom. The Bertz CT molecular complexity index is 943. The van der Waals surface area contributed by atoms with E-state index in [1.54, 1.807) is 44.6 Å². The van der Waals surface area contributed by atoms with Crippen LogP contribution in [0.5, 0.6) is 0 Å². The van der Waals surface area contributed by atoms with Crippen LogP contribution >= 0.6 is 15.9 Å². The van der Waals surface area contributed by atoms with Gasteiger partial charge >= 0.3 is 6.09 Å². The summed E-state index contributed by atoms with van der Waals surface area (Å²) in [4.78, 5) is 42.9. The lowest BCUT2D eigenvalue weighted by molar-refractivity contribution is -0.139. The summed E-state index contributed by atoms with van der Waals surface area (Å²) in [5.41, 5.74) is 0.873. The van der Waals surface area contributed by atoms with Crippen LogP contribution in [-0.2, 0) is 11.8 Å². The van der Waals surface area contributed by atoms with Crippen molar-refractivity contribution in [1.82, 2.24) is 19.4 Å². The highest BCUT2D eigenvalue weighted by atomic mass is 79.9. The normalized spacial score (nSPS) is 17.1. The maximum Gasteiger partial charge on any atom is 0.408 e. The number of rotatable bonds is 3. The summed E-state index contributed by atoms with van der Waals surface area (Å²) in [6, 6.07) is 5.82. The summed E-state index contributed by atoms with van der Waals surface area (Å²) in [6.45, 7) is 0.610. The summed E-state index contributed by atoms with van der Waals surface area (Å²) in [5.74, 6) is -0.118. The number of hydrogen-bond donors (Lipinski definition) is 2. The number of amides is 2. The Morgan fingerprint density at radius 2 is 1.89 bits per heavy atom. The molecule has 0 bridgehead atoms. The number of carbonyl (C=O) groups excluding carboxylic acids is 1. The van der Waals surface area contributed by atoms with Crippen LogP contribution in [-0.4, -0.2) is 56.6 Å². The van der Waals surface area contributed by atoms with Gasteiger partial charge < -0.3 is 19.9 Å². The van der Waals surface area contributed by atoms with Gasteiger partial charge in [-0.05, 0) is 33.6 Å². The molecular formula is C17H18BrN5O4. The van der Waals surface area contributed by atoms with Crippen molar-refractivity contribution in [3.8, 4) is 0 Å². The minimum absolute atomic E-state index is 0.153. The molecule has 1 aromatic carbocycles. The molecule has 10 heteroatoms. The fourth-order valence-electron chi connectivity index (χ4n) is 2.90. The summed E-state index contributed by atoms with van der Waals surface area (Å²) >= 11 is 3.24. The SMILES string of the molecule is CN1CCN(C(=O)O)C(c2ccc(Nc3nc(Br)cn(C)c3=O)cc2)C1=O. The van der Waals surface area contributed by atoms with E-state index in [1.165, 1.54) is 9.47 Å². The van der Waals surface area contributed by atoms with E-state index in [-0.39, 0.29) is 23.8 Å². The smallest absolute Gasteiger partial charge is 0.408 e. The lowest BCUT2D eigenvalue weighted by atomic mass is 10.0. The van der Waals surface area contributed by atoms with Gasteiger partial charge in [0.1, 0.15) is 10.6 Å². The molecule has 0 saturated carbocycles. The Morgan fingerprint density at radius 1 is 1.22 bits per heavy atom. The second-order valence-electron chi connectivity index (χ2n) is 6.21. The Balaban J connectivity index is 1.87. The van der Waals surface area contributed by atoms with E-state index in [0.29, 0.717) is 22.4 Å². The van der Waals surface area contributed by atoms with Crippen molar-refractivity contribution in [2.75, 3.05) is 25.5 Å². The molecular weight excluding hydrogens is 418 g/mol. The number of nitrogens with one attached hydrogen (secondary N) is 1. The molecule has 3 rings (SSSR count). The second kappa shape index (κ2) is 7.39. The first-order valence-electron chi connectivity index (χ1n) is 8.12. The molecule has 0 radical (unpaired) electrons. The highest BCUT2D eigenvalue weighted by Gasteiger charge is 2.37. The number of hydrogen-bond acceptors (Lipinski definition) is 5. The van der Waals surface area contributed by atoms with Crippen LogP contribution in [0, 0.1) is 0 Å². The minimum Gasteiger partial charge on any atom is -0.465 e. The molecule has 9 nitrogen and oxygen atoms in total. The zero-order chi connectivity index (χ0) is 19.7. The molecule has 27 heavy (non-hydrogen) atoms. The molecule has 2 amide bonds. The first kappa shape index (κ1) is 18.9. The van der Waals surface area contributed by atoms with Crippen LogP contribution in [0.15, 0.2) is 39.9 Å². The quantitative estimate of drug-likeness (QED) is 0.760. The number of benzene rings is 1. The topological polar surface area (TPSA) is 108 Å².